The Bertz CT molecular complexity index is 384. The molecular formula is C13H21ClN2O3. The Balaban J connectivity index is 0.00000324. The molecule has 0 saturated carbocycles. The van der Waals surface area contributed by atoms with Gasteiger partial charge in [-0.05, 0) is 11.1 Å². The van der Waals surface area contributed by atoms with Crippen LogP contribution in [0.5, 0.6) is 0 Å². The van der Waals surface area contributed by atoms with Crippen molar-refractivity contribution >= 4 is 18.3 Å². The SMILES string of the molecule is COCc1ccccc1CNC(=O)C(CN)OC.Cl. The van der Waals surface area contributed by atoms with E-state index in [4.69, 9.17) is 15.2 Å². The molecule has 19 heavy (non-hydrogen) atoms. The zero-order valence-corrected chi connectivity index (χ0v) is 12.0. The van der Waals surface area contributed by atoms with E-state index in [1.165, 1.54) is 7.11 Å². The highest BCUT2D eigenvalue weighted by Crippen LogP contribution is 2.09. The number of rotatable bonds is 7. The first-order chi connectivity index (χ1) is 8.72. The molecule has 1 amide bonds. The van der Waals surface area contributed by atoms with Gasteiger partial charge in [-0.2, -0.15) is 0 Å². The summed E-state index contributed by atoms with van der Waals surface area (Å²) in [4.78, 5) is 11.7. The number of halogens is 1. The van der Waals surface area contributed by atoms with Crippen molar-refractivity contribution in [1.82, 2.24) is 5.32 Å². The van der Waals surface area contributed by atoms with Crippen LogP contribution in [0.1, 0.15) is 11.1 Å². The van der Waals surface area contributed by atoms with E-state index >= 15 is 0 Å². The van der Waals surface area contributed by atoms with Gasteiger partial charge in [-0.15, -0.1) is 12.4 Å². The maximum Gasteiger partial charge on any atom is 0.250 e. The van der Waals surface area contributed by atoms with E-state index in [-0.39, 0.29) is 24.9 Å². The molecule has 0 saturated heterocycles. The Morgan fingerprint density at radius 2 is 1.95 bits per heavy atom. The third-order valence-corrected chi connectivity index (χ3v) is 2.66. The number of hydrogen-bond acceptors (Lipinski definition) is 4. The summed E-state index contributed by atoms with van der Waals surface area (Å²) < 4.78 is 10.1. The number of nitrogens with one attached hydrogen (secondary N) is 1. The lowest BCUT2D eigenvalue weighted by molar-refractivity contribution is -0.130. The van der Waals surface area contributed by atoms with E-state index in [1.54, 1.807) is 7.11 Å². The van der Waals surface area contributed by atoms with Crippen LogP contribution in [0, 0.1) is 0 Å². The largest absolute Gasteiger partial charge is 0.380 e. The van der Waals surface area contributed by atoms with Gasteiger partial charge in [0.15, 0.2) is 0 Å². The molecule has 0 aliphatic heterocycles. The van der Waals surface area contributed by atoms with E-state index < -0.39 is 6.10 Å². The van der Waals surface area contributed by atoms with Crippen LogP contribution in [0.4, 0.5) is 0 Å². The molecule has 3 N–H and O–H groups in total. The molecule has 0 bridgehead atoms. The minimum Gasteiger partial charge on any atom is -0.380 e. The van der Waals surface area contributed by atoms with Gasteiger partial charge < -0.3 is 20.5 Å². The van der Waals surface area contributed by atoms with Crippen molar-refractivity contribution in [3.8, 4) is 0 Å². The molecule has 6 heteroatoms. The molecule has 0 heterocycles. The Morgan fingerprint density at radius 1 is 1.32 bits per heavy atom. The first-order valence-electron chi connectivity index (χ1n) is 5.79. The fourth-order valence-electron chi connectivity index (χ4n) is 1.63. The molecule has 1 aromatic rings. The molecule has 0 aliphatic carbocycles. The minimum atomic E-state index is -0.598. The summed E-state index contributed by atoms with van der Waals surface area (Å²) in [7, 11) is 3.11. The van der Waals surface area contributed by atoms with Crippen LogP contribution in [0.2, 0.25) is 0 Å². The van der Waals surface area contributed by atoms with Gasteiger partial charge in [0.05, 0.1) is 6.61 Å². The third-order valence-electron chi connectivity index (χ3n) is 2.66. The van der Waals surface area contributed by atoms with Gasteiger partial charge in [-0.3, -0.25) is 4.79 Å². The Labute approximate surface area is 119 Å². The monoisotopic (exact) mass is 288 g/mol. The number of ether oxygens (including phenoxy) is 2. The molecule has 0 fully saturated rings. The fourth-order valence-corrected chi connectivity index (χ4v) is 1.63. The second-order valence-corrected chi connectivity index (χ2v) is 3.88. The highest BCUT2D eigenvalue weighted by molar-refractivity contribution is 5.85. The van der Waals surface area contributed by atoms with E-state index in [9.17, 15) is 4.79 Å². The van der Waals surface area contributed by atoms with Gasteiger partial charge in [0.2, 0.25) is 0 Å². The molecule has 5 nitrogen and oxygen atoms in total. The van der Waals surface area contributed by atoms with Crippen molar-refractivity contribution in [1.29, 1.82) is 0 Å². The Kier molecular flexibility index (Phi) is 9.16. The molecule has 1 rings (SSSR count). The summed E-state index contributed by atoms with van der Waals surface area (Å²) in [6.45, 7) is 1.14. The molecule has 108 valence electrons. The molecule has 0 aliphatic rings. The van der Waals surface area contributed by atoms with Crippen molar-refractivity contribution in [3.63, 3.8) is 0 Å². The minimum absolute atomic E-state index is 0. The van der Waals surface area contributed by atoms with Crippen molar-refractivity contribution < 1.29 is 14.3 Å². The lowest BCUT2D eigenvalue weighted by atomic mass is 10.1. The van der Waals surface area contributed by atoms with E-state index in [2.05, 4.69) is 5.32 Å². The van der Waals surface area contributed by atoms with Gasteiger partial charge >= 0.3 is 0 Å². The maximum absolute atomic E-state index is 11.7. The first kappa shape index (κ1) is 17.9. The number of carbonyl (C=O) groups excluding carboxylic acids is 1. The molecule has 0 aromatic heterocycles. The van der Waals surface area contributed by atoms with Crippen molar-refractivity contribution in [2.24, 2.45) is 5.73 Å². The summed E-state index contributed by atoms with van der Waals surface area (Å²) in [5.41, 5.74) is 7.51. The second kappa shape index (κ2) is 9.75. The van der Waals surface area contributed by atoms with Gasteiger partial charge in [-0.25, -0.2) is 0 Å². The van der Waals surface area contributed by atoms with Crippen LogP contribution in [-0.4, -0.2) is 32.8 Å². The van der Waals surface area contributed by atoms with Gasteiger partial charge in [-0.1, -0.05) is 24.3 Å². The van der Waals surface area contributed by atoms with Crippen LogP contribution in [-0.2, 0) is 27.4 Å². The quantitative estimate of drug-likeness (QED) is 0.780. The van der Waals surface area contributed by atoms with Gasteiger partial charge in [0.25, 0.3) is 5.91 Å². The zero-order chi connectivity index (χ0) is 13.4. The number of hydrogen-bond donors (Lipinski definition) is 2. The molecular weight excluding hydrogens is 268 g/mol. The Morgan fingerprint density at radius 3 is 2.47 bits per heavy atom. The number of methoxy groups -OCH3 is 2. The van der Waals surface area contributed by atoms with E-state index in [0.717, 1.165) is 11.1 Å². The first-order valence-corrected chi connectivity index (χ1v) is 5.79. The van der Waals surface area contributed by atoms with Gasteiger partial charge in [0, 0.05) is 27.3 Å². The van der Waals surface area contributed by atoms with E-state index in [1.807, 2.05) is 24.3 Å². The zero-order valence-electron chi connectivity index (χ0n) is 11.2. The topological polar surface area (TPSA) is 73.6 Å². The Hall–Kier alpha value is -1.14. The maximum atomic E-state index is 11.7. The summed E-state index contributed by atoms with van der Waals surface area (Å²) >= 11 is 0. The third kappa shape index (κ3) is 5.57. The summed E-state index contributed by atoms with van der Waals surface area (Å²) in [6.07, 6.45) is -0.598. The average molecular weight is 289 g/mol. The van der Waals surface area contributed by atoms with Crippen molar-refractivity contribution in [3.05, 3.63) is 35.4 Å². The van der Waals surface area contributed by atoms with Crippen LogP contribution in [0.15, 0.2) is 24.3 Å². The highest BCUT2D eigenvalue weighted by Gasteiger charge is 2.15. The predicted molar refractivity (Wildman–Crippen MR) is 76.1 cm³/mol. The molecule has 1 atom stereocenters. The summed E-state index contributed by atoms with van der Waals surface area (Å²) in [5.74, 6) is -0.202. The molecule has 1 unspecified atom stereocenters. The predicted octanol–water partition coefficient (Wildman–Crippen LogP) is 0.845. The number of nitrogens with two attached hydrogens (primary N) is 1. The average Bonchev–Trinajstić information content (AvgIpc) is 2.39. The number of benzene rings is 1. The fraction of sp³-hybridized carbons (Fsp3) is 0.462. The second-order valence-electron chi connectivity index (χ2n) is 3.88. The summed E-state index contributed by atoms with van der Waals surface area (Å²) in [6, 6.07) is 7.80. The smallest absolute Gasteiger partial charge is 0.250 e. The molecule has 0 spiro atoms. The van der Waals surface area contributed by atoms with Gasteiger partial charge in [0.1, 0.15) is 6.10 Å². The normalized spacial score (nSPS) is 11.5. The van der Waals surface area contributed by atoms with Crippen molar-refractivity contribution in [2.45, 2.75) is 19.3 Å². The van der Waals surface area contributed by atoms with Crippen LogP contribution < -0.4 is 11.1 Å². The molecule has 1 aromatic carbocycles. The summed E-state index contributed by atoms with van der Waals surface area (Å²) in [5, 5.41) is 2.80. The number of amides is 1. The van der Waals surface area contributed by atoms with Crippen LogP contribution >= 0.6 is 12.4 Å². The van der Waals surface area contributed by atoms with Crippen LogP contribution in [0.3, 0.4) is 0 Å². The standard InChI is InChI=1S/C13H20N2O3.ClH/c1-17-9-11-6-4-3-5-10(11)8-15-13(16)12(7-14)18-2;/h3-6,12H,7-9,14H2,1-2H3,(H,15,16);1H. The lowest BCUT2D eigenvalue weighted by Gasteiger charge is -2.14. The number of carbonyl (C=O) groups is 1. The lowest BCUT2D eigenvalue weighted by Crippen LogP contribution is -2.40. The van der Waals surface area contributed by atoms with Crippen molar-refractivity contribution in [2.75, 3.05) is 20.8 Å². The molecule has 0 radical (unpaired) electrons. The highest BCUT2D eigenvalue weighted by atomic mass is 35.5. The van der Waals surface area contributed by atoms with Crippen LogP contribution in [0.25, 0.3) is 0 Å². The van der Waals surface area contributed by atoms with E-state index in [0.29, 0.717) is 13.2 Å².